The maximum Gasteiger partial charge on any atom is 0.238 e. The van der Waals surface area contributed by atoms with Crippen LogP contribution in [0.15, 0.2) is 121 Å². The van der Waals surface area contributed by atoms with Crippen molar-refractivity contribution in [2.24, 2.45) is 0 Å². The van der Waals surface area contributed by atoms with Crippen LogP contribution < -0.4 is 0 Å². The van der Waals surface area contributed by atoms with Gasteiger partial charge in [0.1, 0.15) is 0 Å². The number of para-hydroxylation sites is 1. The number of halogens is 2. The fourth-order valence-electron chi connectivity index (χ4n) is 6.78. The van der Waals surface area contributed by atoms with Crippen LogP contribution in [0.3, 0.4) is 0 Å². The van der Waals surface area contributed by atoms with Crippen molar-refractivity contribution < 1.29 is 8.78 Å². The van der Waals surface area contributed by atoms with E-state index in [-0.39, 0.29) is 0 Å². The first-order chi connectivity index (χ1) is 22.7. The lowest BCUT2D eigenvalue weighted by molar-refractivity contribution is 0.508. The monoisotopic (exact) mass is 601 g/mol. The zero-order chi connectivity index (χ0) is 30.8. The van der Waals surface area contributed by atoms with Crippen LogP contribution >= 0.6 is 0 Å². The summed E-state index contributed by atoms with van der Waals surface area (Å²) in [4.78, 5) is 15.0. The second-order valence-corrected chi connectivity index (χ2v) is 11.5. The van der Waals surface area contributed by atoms with Crippen molar-refractivity contribution in [1.82, 2.24) is 24.1 Å². The number of aromatic nitrogens is 5. The minimum atomic E-state index is -0.880. The highest BCUT2D eigenvalue weighted by atomic mass is 19.2. The van der Waals surface area contributed by atoms with Crippen LogP contribution in [0.5, 0.6) is 0 Å². The van der Waals surface area contributed by atoms with E-state index in [1.807, 2.05) is 72.8 Å². The molecule has 7 heteroatoms. The van der Waals surface area contributed by atoms with E-state index < -0.39 is 11.6 Å². The summed E-state index contributed by atoms with van der Waals surface area (Å²) in [6.07, 6.45) is 6.00. The highest BCUT2D eigenvalue weighted by molar-refractivity contribution is 6.21. The SMILES string of the molecule is Fc1ccc(-n2c3c(c4ccc5c(c6ccccc6n5-c5nc(-c6ccccc6)nc(-c6ccccc6)n5)c42)CCC=C3)cc1F. The Morgan fingerprint density at radius 2 is 1.28 bits per heavy atom. The van der Waals surface area contributed by atoms with Crippen molar-refractivity contribution in [3.8, 4) is 34.4 Å². The summed E-state index contributed by atoms with van der Waals surface area (Å²) >= 11 is 0. The number of aryl methyl sites for hydroxylation is 1. The van der Waals surface area contributed by atoms with Gasteiger partial charge in [-0.1, -0.05) is 91.0 Å². The maximum absolute atomic E-state index is 14.7. The molecule has 0 atom stereocenters. The summed E-state index contributed by atoms with van der Waals surface area (Å²) in [5.41, 5.74) is 7.29. The molecule has 0 fully saturated rings. The molecule has 46 heavy (non-hydrogen) atoms. The lowest BCUT2D eigenvalue weighted by Gasteiger charge is -2.13. The third-order valence-electron chi connectivity index (χ3n) is 8.80. The molecule has 220 valence electrons. The van der Waals surface area contributed by atoms with Gasteiger partial charge in [0.05, 0.1) is 16.6 Å². The Balaban J connectivity index is 1.41. The van der Waals surface area contributed by atoms with Gasteiger partial charge in [-0.15, -0.1) is 0 Å². The van der Waals surface area contributed by atoms with Gasteiger partial charge in [0.25, 0.3) is 0 Å². The third-order valence-corrected chi connectivity index (χ3v) is 8.80. The average molecular weight is 602 g/mol. The Morgan fingerprint density at radius 3 is 2.00 bits per heavy atom. The minimum absolute atomic E-state index is 0.494. The van der Waals surface area contributed by atoms with Gasteiger partial charge in [0.15, 0.2) is 23.3 Å². The van der Waals surface area contributed by atoms with Crippen molar-refractivity contribution in [3.63, 3.8) is 0 Å². The number of allylic oxidation sites excluding steroid dienone is 1. The molecule has 3 aromatic heterocycles. The molecule has 0 bridgehead atoms. The lowest BCUT2D eigenvalue weighted by atomic mass is 10.00. The molecular weight excluding hydrogens is 576 g/mol. The molecule has 0 spiro atoms. The summed E-state index contributed by atoms with van der Waals surface area (Å²) in [5.74, 6) is -0.113. The number of benzene rings is 5. The van der Waals surface area contributed by atoms with Gasteiger partial charge in [-0.2, -0.15) is 9.97 Å². The molecule has 9 rings (SSSR count). The Labute approximate surface area is 262 Å². The summed E-state index contributed by atoms with van der Waals surface area (Å²) in [7, 11) is 0. The second kappa shape index (κ2) is 10.3. The van der Waals surface area contributed by atoms with Crippen molar-refractivity contribution in [3.05, 3.63) is 144 Å². The largest absolute Gasteiger partial charge is 0.309 e. The van der Waals surface area contributed by atoms with Crippen molar-refractivity contribution >= 4 is 38.8 Å². The van der Waals surface area contributed by atoms with E-state index in [0.29, 0.717) is 23.3 Å². The fourth-order valence-corrected chi connectivity index (χ4v) is 6.78. The van der Waals surface area contributed by atoms with Gasteiger partial charge in [-0.3, -0.25) is 4.57 Å². The molecule has 0 aliphatic heterocycles. The van der Waals surface area contributed by atoms with Gasteiger partial charge in [-0.05, 0) is 48.7 Å². The maximum atomic E-state index is 14.7. The average Bonchev–Trinajstić information content (AvgIpc) is 3.63. The van der Waals surface area contributed by atoms with Gasteiger partial charge >= 0.3 is 0 Å². The zero-order valence-electron chi connectivity index (χ0n) is 24.5. The Hall–Kier alpha value is -5.95. The van der Waals surface area contributed by atoms with Crippen LogP contribution in [-0.2, 0) is 6.42 Å². The standard InChI is InChI=1S/C39H25F2N5/c40-30-21-19-26(23-31(30)41)45-32-17-9-7-15-27(32)28-20-22-34-35(36(28)45)29-16-8-10-18-33(29)46(34)39-43-37(24-11-3-1-4-12-24)42-38(44-39)25-13-5-2-6-14-25/h1-6,8-14,16-23H,7,15H2. The summed E-state index contributed by atoms with van der Waals surface area (Å²) < 4.78 is 33.0. The molecule has 0 radical (unpaired) electrons. The summed E-state index contributed by atoms with van der Waals surface area (Å²) in [6.45, 7) is 0. The second-order valence-electron chi connectivity index (χ2n) is 11.5. The molecule has 5 nitrogen and oxygen atoms in total. The molecule has 0 N–H and O–H groups in total. The van der Waals surface area contributed by atoms with E-state index in [1.54, 1.807) is 6.07 Å². The Morgan fingerprint density at radius 1 is 0.587 bits per heavy atom. The lowest BCUT2D eigenvalue weighted by Crippen LogP contribution is -2.06. The van der Waals surface area contributed by atoms with E-state index in [2.05, 4.69) is 45.6 Å². The number of hydrogen-bond acceptors (Lipinski definition) is 3. The van der Waals surface area contributed by atoms with Crippen LogP contribution in [0.25, 0.3) is 73.2 Å². The molecule has 1 aliphatic rings. The van der Waals surface area contributed by atoms with Crippen LogP contribution in [-0.4, -0.2) is 24.1 Å². The van der Waals surface area contributed by atoms with Crippen LogP contribution in [0.1, 0.15) is 17.7 Å². The number of hydrogen-bond donors (Lipinski definition) is 0. The molecule has 1 aliphatic carbocycles. The highest BCUT2D eigenvalue weighted by Gasteiger charge is 2.25. The number of nitrogens with zero attached hydrogens (tertiary/aromatic N) is 5. The molecular formula is C39H25F2N5. The molecule has 0 saturated heterocycles. The molecule has 5 aromatic carbocycles. The van der Waals surface area contributed by atoms with Crippen molar-refractivity contribution in [2.75, 3.05) is 0 Å². The van der Waals surface area contributed by atoms with Crippen LogP contribution in [0.4, 0.5) is 8.78 Å². The Bertz CT molecular complexity index is 2440. The molecule has 0 saturated carbocycles. The highest BCUT2D eigenvalue weighted by Crippen LogP contribution is 2.42. The van der Waals surface area contributed by atoms with Crippen LogP contribution in [0.2, 0.25) is 0 Å². The first-order valence-corrected chi connectivity index (χ1v) is 15.2. The van der Waals surface area contributed by atoms with Gasteiger partial charge in [0, 0.05) is 44.7 Å². The predicted molar refractivity (Wildman–Crippen MR) is 179 cm³/mol. The molecule has 3 heterocycles. The van der Waals surface area contributed by atoms with Gasteiger partial charge in [-0.25, -0.2) is 13.8 Å². The summed E-state index contributed by atoms with van der Waals surface area (Å²) in [5, 5.41) is 3.09. The normalized spacial score (nSPS) is 12.7. The first kappa shape index (κ1) is 26.5. The third kappa shape index (κ3) is 4.02. The molecule has 0 unspecified atom stereocenters. The zero-order valence-corrected chi connectivity index (χ0v) is 24.5. The van der Waals surface area contributed by atoms with E-state index in [0.717, 1.165) is 62.4 Å². The van der Waals surface area contributed by atoms with E-state index in [4.69, 9.17) is 15.0 Å². The predicted octanol–water partition coefficient (Wildman–Crippen LogP) is 9.48. The van der Waals surface area contributed by atoms with E-state index in [9.17, 15) is 8.78 Å². The van der Waals surface area contributed by atoms with E-state index in [1.165, 1.54) is 17.7 Å². The molecule has 0 amide bonds. The summed E-state index contributed by atoms with van der Waals surface area (Å²) in [6, 6.07) is 36.4. The first-order valence-electron chi connectivity index (χ1n) is 15.2. The fraction of sp³-hybridized carbons (Fsp3) is 0.0513. The van der Waals surface area contributed by atoms with E-state index >= 15 is 0 Å². The quantitative estimate of drug-likeness (QED) is 0.202. The van der Waals surface area contributed by atoms with Crippen LogP contribution in [0, 0.1) is 11.6 Å². The Kier molecular flexibility index (Phi) is 5.93. The topological polar surface area (TPSA) is 48.5 Å². The van der Waals surface area contributed by atoms with Gasteiger partial charge in [0.2, 0.25) is 5.95 Å². The van der Waals surface area contributed by atoms with Crippen molar-refractivity contribution in [1.29, 1.82) is 0 Å². The molecule has 8 aromatic rings. The number of rotatable bonds is 4. The van der Waals surface area contributed by atoms with Gasteiger partial charge < -0.3 is 4.57 Å². The minimum Gasteiger partial charge on any atom is -0.309 e. The smallest absolute Gasteiger partial charge is 0.238 e. The number of fused-ring (bicyclic) bond motifs is 7. The van der Waals surface area contributed by atoms with Crippen molar-refractivity contribution in [2.45, 2.75) is 12.8 Å².